The molecule has 144 valence electrons. The van der Waals surface area contributed by atoms with Crippen LogP contribution in [0.5, 0.6) is 0 Å². The Morgan fingerprint density at radius 2 is 1.00 bits per heavy atom. The molecule has 0 spiro atoms. The number of hydrogen-bond donors (Lipinski definition) is 0. The highest BCUT2D eigenvalue weighted by molar-refractivity contribution is 5.29. The molecule has 1 unspecified atom stereocenters. The van der Waals surface area contributed by atoms with Gasteiger partial charge < -0.3 is 0 Å². The van der Waals surface area contributed by atoms with Crippen molar-refractivity contribution in [1.82, 2.24) is 0 Å². The molecule has 1 atom stereocenters. The van der Waals surface area contributed by atoms with Gasteiger partial charge in [-0.1, -0.05) is 67.2 Å². The minimum Gasteiger partial charge on any atom is -0.203 e. The van der Waals surface area contributed by atoms with Gasteiger partial charge in [0.15, 0.2) is 23.3 Å². The van der Waals surface area contributed by atoms with Gasteiger partial charge in [-0.05, 0) is 23.2 Å². The Morgan fingerprint density at radius 3 is 1.32 bits per heavy atom. The Bertz CT molecular complexity index is 572. The summed E-state index contributed by atoms with van der Waals surface area (Å²) < 4.78 is 70.1. The van der Waals surface area contributed by atoms with Crippen molar-refractivity contribution in [3.63, 3.8) is 0 Å². The average Bonchev–Trinajstić information content (AvgIpc) is 2.63. The molecular weight excluding hydrogens is 335 g/mol. The van der Waals surface area contributed by atoms with E-state index in [9.17, 15) is 22.0 Å². The lowest BCUT2D eigenvalue weighted by Crippen LogP contribution is -2.32. The molecule has 0 N–H and O–H groups in total. The Morgan fingerprint density at radius 1 is 0.640 bits per heavy atom. The summed E-state index contributed by atoms with van der Waals surface area (Å²) in [6.45, 7) is 11.6. The lowest BCUT2D eigenvalue weighted by atomic mass is 9.62. The second-order valence-electron chi connectivity index (χ2n) is 7.62. The third kappa shape index (κ3) is 4.01. The van der Waals surface area contributed by atoms with Crippen molar-refractivity contribution < 1.29 is 22.0 Å². The highest BCUT2D eigenvalue weighted by atomic mass is 19.2. The summed E-state index contributed by atoms with van der Waals surface area (Å²) in [7, 11) is 0. The van der Waals surface area contributed by atoms with E-state index in [-0.39, 0.29) is 5.41 Å². The maximum Gasteiger partial charge on any atom is 0.200 e. The van der Waals surface area contributed by atoms with Crippen molar-refractivity contribution in [3.05, 3.63) is 34.6 Å². The van der Waals surface area contributed by atoms with E-state index in [0.29, 0.717) is 19.3 Å². The van der Waals surface area contributed by atoms with Crippen LogP contribution in [-0.2, 0) is 0 Å². The zero-order valence-electron chi connectivity index (χ0n) is 16.0. The van der Waals surface area contributed by atoms with Gasteiger partial charge in [-0.2, -0.15) is 0 Å². The summed E-state index contributed by atoms with van der Waals surface area (Å²) in [5.41, 5.74) is -1.46. The van der Waals surface area contributed by atoms with Gasteiger partial charge in [-0.25, -0.2) is 22.0 Å². The van der Waals surface area contributed by atoms with Crippen molar-refractivity contribution >= 4 is 0 Å². The van der Waals surface area contributed by atoms with Crippen LogP contribution in [0.1, 0.15) is 85.1 Å². The quantitative estimate of drug-likeness (QED) is 0.254. The molecule has 5 heteroatoms. The second kappa shape index (κ2) is 8.05. The molecule has 0 saturated carbocycles. The zero-order valence-corrected chi connectivity index (χ0v) is 16.0. The summed E-state index contributed by atoms with van der Waals surface area (Å²) >= 11 is 0. The molecule has 0 heterocycles. The molecule has 0 aliphatic rings. The predicted octanol–water partition coefficient (Wildman–Crippen LogP) is 7.51. The first-order valence-corrected chi connectivity index (χ1v) is 9.03. The predicted molar refractivity (Wildman–Crippen MR) is 91.0 cm³/mol. The number of rotatable bonds is 8. The molecule has 0 aliphatic carbocycles. The molecule has 0 aromatic heterocycles. The minimum absolute atomic E-state index is 0.240. The normalized spacial score (nSPS) is 14.0. The van der Waals surface area contributed by atoms with E-state index in [0.717, 1.165) is 12.8 Å². The van der Waals surface area contributed by atoms with Crippen LogP contribution in [0.4, 0.5) is 22.0 Å². The first-order chi connectivity index (χ1) is 11.5. The van der Waals surface area contributed by atoms with Crippen LogP contribution in [0.2, 0.25) is 0 Å². The number of halogens is 5. The largest absolute Gasteiger partial charge is 0.203 e. The van der Waals surface area contributed by atoms with Crippen molar-refractivity contribution in [2.24, 2.45) is 10.8 Å². The van der Waals surface area contributed by atoms with Gasteiger partial charge in [0.2, 0.25) is 5.82 Å². The Hall–Kier alpha value is -1.13. The number of hydrogen-bond acceptors (Lipinski definition) is 0. The fraction of sp³-hybridized carbons (Fsp3) is 0.700. The molecule has 0 bridgehead atoms. The molecule has 1 rings (SSSR count). The van der Waals surface area contributed by atoms with E-state index >= 15 is 0 Å². The van der Waals surface area contributed by atoms with Gasteiger partial charge in [0, 0.05) is 5.56 Å². The molecule has 0 fully saturated rings. The molecule has 0 radical (unpaired) electrons. The molecule has 0 nitrogen and oxygen atoms in total. The second-order valence-corrected chi connectivity index (χ2v) is 7.62. The van der Waals surface area contributed by atoms with Crippen LogP contribution < -0.4 is 0 Å². The maximum absolute atomic E-state index is 14.5. The molecule has 0 aliphatic heterocycles. The monoisotopic (exact) mass is 364 g/mol. The van der Waals surface area contributed by atoms with Gasteiger partial charge in [-0.15, -0.1) is 0 Å². The van der Waals surface area contributed by atoms with E-state index < -0.39 is 46.0 Å². The SMILES string of the molecule is CCC(C)(CC)CC(c1c(F)c(F)c(F)c(F)c1F)C(C)(CC)CC. The van der Waals surface area contributed by atoms with Crippen LogP contribution in [0, 0.1) is 39.9 Å². The third-order valence-corrected chi connectivity index (χ3v) is 6.45. The van der Waals surface area contributed by atoms with Crippen molar-refractivity contribution in [3.8, 4) is 0 Å². The van der Waals surface area contributed by atoms with Gasteiger partial charge in [-0.3, -0.25) is 0 Å². The smallest absolute Gasteiger partial charge is 0.200 e. The number of benzene rings is 1. The molecule has 0 amide bonds. The molecule has 1 aromatic rings. The lowest BCUT2D eigenvalue weighted by molar-refractivity contribution is 0.142. The van der Waals surface area contributed by atoms with Crippen molar-refractivity contribution in [2.45, 2.75) is 79.6 Å². The highest BCUT2D eigenvalue weighted by Gasteiger charge is 2.42. The summed E-state index contributed by atoms with van der Waals surface area (Å²) in [5.74, 6) is -9.95. The van der Waals surface area contributed by atoms with E-state index in [1.807, 2.05) is 41.5 Å². The van der Waals surface area contributed by atoms with Crippen LogP contribution >= 0.6 is 0 Å². The maximum atomic E-state index is 14.5. The van der Waals surface area contributed by atoms with Crippen molar-refractivity contribution in [2.75, 3.05) is 0 Å². The Kier molecular flexibility index (Phi) is 7.05. The van der Waals surface area contributed by atoms with Crippen molar-refractivity contribution in [1.29, 1.82) is 0 Å². The third-order valence-electron chi connectivity index (χ3n) is 6.45. The molecule has 1 aromatic carbocycles. The summed E-state index contributed by atoms with van der Waals surface area (Å²) in [6.07, 6.45) is 3.06. The topological polar surface area (TPSA) is 0 Å². The Labute approximate surface area is 147 Å². The van der Waals surface area contributed by atoms with Gasteiger partial charge in [0.1, 0.15) is 0 Å². The minimum atomic E-state index is -2.10. The van der Waals surface area contributed by atoms with E-state index in [1.165, 1.54) is 0 Å². The van der Waals surface area contributed by atoms with E-state index in [2.05, 4.69) is 0 Å². The molecular formula is C20H29F5. The average molecular weight is 364 g/mol. The molecule has 0 saturated heterocycles. The fourth-order valence-corrected chi connectivity index (χ4v) is 3.40. The summed E-state index contributed by atoms with van der Waals surface area (Å²) in [5, 5.41) is 0. The summed E-state index contributed by atoms with van der Waals surface area (Å²) in [4.78, 5) is 0. The van der Waals surface area contributed by atoms with Crippen LogP contribution in [0.3, 0.4) is 0 Å². The van der Waals surface area contributed by atoms with E-state index in [1.54, 1.807) is 0 Å². The fourth-order valence-electron chi connectivity index (χ4n) is 3.40. The van der Waals surface area contributed by atoms with Gasteiger partial charge in [0.05, 0.1) is 0 Å². The lowest BCUT2D eigenvalue weighted by Gasteiger charge is -2.42. The zero-order chi connectivity index (χ0) is 19.6. The Balaban J connectivity index is 3.70. The first kappa shape index (κ1) is 21.9. The van der Waals surface area contributed by atoms with Crippen LogP contribution in [-0.4, -0.2) is 0 Å². The molecule has 25 heavy (non-hydrogen) atoms. The van der Waals surface area contributed by atoms with Gasteiger partial charge in [0.25, 0.3) is 0 Å². The van der Waals surface area contributed by atoms with Crippen LogP contribution in [0.25, 0.3) is 0 Å². The van der Waals surface area contributed by atoms with Gasteiger partial charge >= 0.3 is 0 Å². The highest BCUT2D eigenvalue weighted by Crippen LogP contribution is 2.51. The van der Waals surface area contributed by atoms with E-state index in [4.69, 9.17) is 0 Å². The first-order valence-electron chi connectivity index (χ1n) is 9.03. The summed E-state index contributed by atoms with van der Waals surface area (Å²) in [6, 6.07) is 0. The standard InChI is InChI=1S/C20H29F5/c1-7-19(5,8-2)11-12(20(6,9-3)10-4)13-14(21)16(23)18(25)17(24)15(13)22/h12H,7-11H2,1-6H3. The van der Waals surface area contributed by atoms with Crippen LogP contribution in [0.15, 0.2) is 0 Å².